The van der Waals surface area contributed by atoms with Crippen molar-refractivity contribution in [2.24, 2.45) is 5.73 Å². The van der Waals surface area contributed by atoms with Gasteiger partial charge in [-0.25, -0.2) is 0 Å². The van der Waals surface area contributed by atoms with Gasteiger partial charge in [-0.2, -0.15) is 5.26 Å². The van der Waals surface area contributed by atoms with Gasteiger partial charge in [0.05, 0.1) is 18.1 Å². The van der Waals surface area contributed by atoms with Crippen LogP contribution in [0, 0.1) is 30.1 Å². The molecule has 0 bridgehead atoms. The van der Waals surface area contributed by atoms with E-state index in [-0.39, 0.29) is 6.42 Å². The van der Waals surface area contributed by atoms with Crippen LogP contribution in [0.15, 0.2) is 18.2 Å². The summed E-state index contributed by atoms with van der Waals surface area (Å²) in [4.78, 5) is 10.4. The van der Waals surface area contributed by atoms with Gasteiger partial charge in [0.2, 0.25) is 5.91 Å². The van der Waals surface area contributed by atoms with E-state index in [0.717, 1.165) is 11.1 Å². The van der Waals surface area contributed by atoms with E-state index in [9.17, 15) is 4.79 Å². The van der Waals surface area contributed by atoms with E-state index in [0.29, 0.717) is 5.56 Å². The van der Waals surface area contributed by atoms with Gasteiger partial charge in [0.1, 0.15) is 0 Å². The number of hydrogen-bond donors (Lipinski definition) is 1. The highest BCUT2D eigenvalue weighted by atomic mass is 16.1. The molecule has 1 rings (SSSR count). The average Bonchev–Trinajstić information content (AvgIpc) is 2.20. The van der Waals surface area contributed by atoms with Gasteiger partial charge in [-0.15, -0.1) is 0 Å². The van der Waals surface area contributed by atoms with Crippen molar-refractivity contribution in [3.05, 3.63) is 34.9 Å². The fourth-order valence-electron chi connectivity index (χ4n) is 1.05. The molecule has 0 aliphatic heterocycles. The Kier molecular flexibility index (Phi) is 3.49. The second kappa shape index (κ2) is 4.83. The van der Waals surface area contributed by atoms with Crippen LogP contribution in [-0.4, -0.2) is 5.91 Å². The van der Waals surface area contributed by atoms with Gasteiger partial charge in [0.15, 0.2) is 0 Å². The Hall–Kier alpha value is -2.26. The number of hydrogen-bond acceptors (Lipinski definition) is 2. The van der Waals surface area contributed by atoms with Crippen LogP contribution in [0.5, 0.6) is 0 Å². The molecule has 0 unspecified atom stereocenters. The lowest BCUT2D eigenvalue weighted by Crippen LogP contribution is -2.08. The van der Waals surface area contributed by atoms with Gasteiger partial charge >= 0.3 is 0 Å². The fourth-order valence-corrected chi connectivity index (χ4v) is 1.05. The van der Waals surface area contributed by atoms with Gasteiger partial charge in [0, 0.05) is 5.56 Å². The summed E-state index contributed by atoms with van der Waals surface area (Å²) in [6.45, 7) is 1.86. The minimum Gasteiger partial charge on any atom is -0.369 e. The van der Waals surface area contributed by atoms with Gasteiger partial charge < -0.3 is 5.73 Å². The molecule has 0 aliphatic rings. The number of benzene rings is 1. The summed E-state index contributed by atoms with van der Waals surface area (Å²) < 4.78 is 0. The molecule has 0 spiro atoms. The van der Waals surface area contributed by atoms with Crippen molar-refractivity contribution < 1.29 is 4.79 Å². The summed E-state index contributed by atoms with van der Waals surface area (Å²) in [5.74, 6) is 4.96. The molecule has 0 aromatic heterocycles. The summed E-state index contributed by atoms with van der Waals surface area (Å²) in [6.07, 6.45) is 0.0375. The maximum absolute atomic E-state index is 10.4. The van der Waals surface area contributed by atoms with Crippen LogP contribution in [0.3, 0.4) is 0 Å². The minimum atomic E-state index is -0.449. The zero-order chi connectivity index (χ0) is 11.3. The third-order valence-corrected chi connectivity index (χ3v) is 1.85. The van der Waals surface area contributed by atoms with Crippen LogP contribution in [0.2, 0.25) is 0 Å². The monoisotopic (exact) mass is 198 g/mol. The smallest absolute Gasteiger partial charge is 0.229 e. The van der Waals surface area contributed by atoms with Crippen LogP contribution in [0.25, 0.3) is 0 Å². The van der Waals surface area contributed by atoms with E-state index in [4.69, 9.17) is 11.0 Å². The maximum Gasteiger partial charge on any atom is 0.229 e. The van der Waals surface area contributed by atoms with Crippen LogP contribution in [-0.2, 0) is 4.79 Å². The van der Waals surface area contributed by atoms with E-state index < -0.39 is 5.91 Å². The first-order chi connectivity index (χ1) is 7.13. The first kappa shape index (κ1) is 10.8. The second-order valence-corrected chi connectivity index (χ2v) is 3.09. The third kappa shape index (κ3) is 3.17. The molecular weight excluding hydrogens is 188 g/mol. The number of primary amides is 1. The predicted molar refractivity (Wildman–Crippen MR) is 56.6 cm³/mol. The standard InChI is InChI=1S/C12H10N2O/c1-9-5-6-10(7-11(9)8-13)3-2-4-12(14)15/h5-7H,4H2,1H3,(H2,14,15). The largest absolute Gasteiger partial charge is 0.369 e. The number of aryl methyl sites for hydroxylation is 1. The normalized spacial score (nSPS) is 8.53. The number of carbonyl (C=O) groups is 1. The summed E-state index contributed by atoms with van der Waals surface area (Å²) >= 11 is 0. The van der Waals surface area contributed by atoms with Crippen molar-refractivity contribution >= 4 is 5.91 Å². The van der Waals surface area contributed by atoms with Gasteiger partial charge in [-0.1, -0.05) is 17.9 Å². The molecule has 1 amide bonds. The van der Waals surface area contributed by atoms with Crippen LogP contribution in [0.4, 0.5) is 0 Å². The Morgan fingerprint density at radius 1 is 1.53 bits per heavy atom. The SMILES string of the molecule is Cc1ccc(C#CCC(N)=O)cc1C#N. The third-order valence-electron chi connectivity index (χ3n) is 1.85. The molecular formula is C12H10N2O. The van der Waals surface area contributed by atoms with Gasteiger partial charge in [0.25, 0.3) is 0 Å². The van der Waals surface area contributed by atoms with Crippen molar-refractivity contribution in [2.45, 2.75) is 13.3 Å². The molecule has 3 heteroatoms. The lowest BCUT2D eigenvalue weighted by atomic mass is 10.1. The molecule has 0 aliphatic carbocycles. The zero-order valence-corrected chi connectivity index (χ0v) is 8.37. The van der Waals surface area contributed by atoms with Crippen molar-refractivity contribution in [2.75, 3.05) is 0 Å². The fraction of sp³-hybridized carbons (Fsp3) is 0.167. The topological polar surface area (TPSA) is 66.9 Å². The van der Waals surface area contributed by atoms with E-state index >= 15 is 0 Å². The molecule has 74 valence electrons. The van der Waals surface area contributed by atoms with E-state index in [1.54, 1.807) is 6.07 Å². The average molecular weight is 198 g/mol. The predicted octanol–water partition coefficient (Wildman–Crippen LogP) is 1.09. The molecule has 15 heavy (non-hydrogen) atoms. The lowest BCUT2D eigenvalue weighted by Gasteiger charge is -1.96. The molecule has 2 N–H and O–H groups in total. The van der Waals surface area contributed by atoms with Crippen LogP contribution < -0.4 is 5.73 Å². The number of rotatable bonds is 1. The Morgan fingerprint density at radius 2 is 2.27 bits per heavy atom. The second-order valence-electron chi connectivity index (χ2n) is 3.09. The molecule has 3 nitrogen and oxygen atoms in total. The molecule has 0 saturated carbocycles. The van der Waals surface area contributed by atoms with Crippen molar-refractivity contribution in [1.29, 1.82) is 5.26 Å². The van der Waals surface area contributed by atoms with Crippen molar-refractivity contribution in [3.8, 4) is 17.9 Å². The van der Waals surface area contributed by atoms with Crippen molar-refractivity contribution in [3.63, 3.8) is 0 Å². The highest BCUT2D eigenvalue weighted by Crippen LogP contribution is 2.08. The van der Waals surface area contributed by atoms with E-state index in [1.165, 1.54) is 0 Å². The highest BCUT2D eigenvalue weighted by Gasteiger charge is 1.96. The number of amides is 1. The van der Waals surface area contributed by atoms with E-state index in [2.05, 4.69) is 17.9 Å². The van der Waals surface area contributed by atoms with Gasteiger partial charge in [-0.05, 0) is 24.6 Å². The van der Waals surface area contributed by atoms with E-state index in [1.807, 2.05) is 19.1 Å². The van der Waals surface area contributed by atoms with Crippen molar-refractivity contribution in [1.82, 2.24) is 0 Å². The summed E-state index contributed by atoms with van der Waals surface area (Å²) in [5.41, 5.74) is 7.18. The molecule has 1 aromatic carbocycles. The Labute approximate surface area is 88.5 Å². The highest BCUT2D eigenvalue weighted by molar-refractivity contribution is 5.76. The minimum absolute atomic E-state index is 0.0375. The maximum atomic E-state index is 10.4. The molecule has 0 atom stereocenters. The zero-order valence-electron chi connectivity index (χ0n) is 8.37. The molecule has 0 radical (unpaired) electrons. The summed E-state index contributed by atoms with van der Waals surface area (Å²) in [6, 6.07) is 7.41. The Balaban J connectivity index is 2.92. The number of nitrogens with two attached hydrogens (primary N) is 1. The lowest BCUT2D eigenvalue weighted by molar-refractivity contribution is -0.117. The molecule has 0 saturated heterocycles. The first-order valence-corrected chi connectivity index (χ1v) is 4.41. The van der Waals surface area contributed by atoms with Crippen LogP contribution >= 0.6 is 0 Å². The first-order valence-electron chi connectivity index (χ1n) is 4.41. The summed E-state index contributed by atoms with van der Waals surface area (Å²) in [5, 5.41) is 8.78. The molecule has 1 aromatic rings. The number of nitrogens with zero attached hydrogens (tertiary/aromatic N) is 1. The van der Waals surface area contributed by atoms with Crippen LogP contribution in [0.1, 0.15) is 23.1 Å². The number of nitriles is 1. The molecule has 0 fully saturated rings. The number of carbonyl (C=O) groups excluding carboxylic acids is 1. The quantitative estimate of drug-likeness (QED) is 0.686. The van der Waals surface area contributed by atoms with Gasteiger partial charge in [-0.3, -0.25) is 4.79 Å². The molecule has 0 heterocycles. The Bertz CT molecular complexity index is 487. The Morgan fingerprint density at radius 3 is 2.87 bits per heavy atom. The summed E-state index contributed by atoms with van der Waals surface area (Å²) in [7, 11) is 0.